The number of carbonyl (C=O) groups excluding carboxylic acids is 1. The maximum absolute atomic E-state index is 14.5. The van der Waals surface area contributed by atoms with Gasteiger partial charge in [-0.3, -0.25) is 0 Å². The molecule has 0 heterocycles. The maximum atomic E-state index is 14.5. The van der Waals surface area contributed by atoms with E-state index >= 15 is 0 Å². The van der Waals surface area contributed by atoms with E-state index in [-0.39, 0.29) is 16.7 Å². The third kappa shape index (κ3) is 4.48. The second-order valence-electron chi connectivity index (χ2n) is 9.01. The first kappa shape index (κ1) is 21.5. The summed E-state index contributed by atoms with van der Waals surface area (Å²) < 4.78 is 62.8. The Morgan fingerprint density at radius 2 is 1.80 bits per heavy atom. The predicted molar refractivity (Wildman–Crippen MR) is 103 cm³/mol. The highest BCUT2D eigenvalue weighted by atomic mass is 32.2. The van der Waals surface area contributed by atoms with Crippen molar-refractivity contribution in [3.05, 3.63) is 29.6 Å². The number of hydrogen-bond acceptors (Lipinski definition) is 7. The second-order valence-corrected chi connectivity index (χ2v) is 10.5. The maximum Gasteiger partial charge on any atom is 0.338 e. The molecule has 4 aliphatic carbocycles. The number of methoxy groups -OCH3 is 1. The largest absolute Gasteiger partial charge is 0.748 e. The van der Waals surface area contributed by atoms with Crippen LogP contribution in [0.1, 0.15) is 48.9 Å². The summed E-state index contributed by atoms with van der Waals surface area (Å²) in [5.74, 6) is -0.403. The quantitative estimate of drug-likeness (QED) is 0.347. The SMILES string of the molecule is COC(Oc1cc(C(=O)OCCS(=O)(=O)[O-])ccc1F)C12CC3CC(CC(C3)C1)C2. The van der Waals surface area contributed by atoms with E-state index in [1.807, 2.05) is 0 Å². The van der Waals surface area contributed by atoms with Gasteiger partial charge in [-0.05, 0) is 74.5 Å². The summed E-state index contributed by atoms with van der Waals surface area (Å²) in [6.07, 6.45) is 6.16. The van der Waals surface area contributed by atoms with Crippen LogP contribution in [0.3, 0.4) is 0 Å². The predicted octanol–water partition coefficient (Wildman–Crippen LogP) is 3.10. The second kappa shape index (κ2) is 8.09. The normalized spacial score (nSPS) is 30.8. The molecule has 9 heteroatoms. The molecule has 5 rings (SSSR count). The zero-order chi connectivity index (χ0) is 21.5. The van der Waals surface area contributed by atoms with Crippen LogP contribution in [0.2, 0.25) is 0 Å². The molecule has 4 bridgehead atoms. The fourth-order valence-corrected chi connectivity index (χ4v) is 6.33. The van der Waals surface area contributed by atoms with E-state index in [0.29, 0.717) is 17.8 Å². The van der Waals surface area contributed by atoms with Crippen molar-refractivity contribution < 1.29 is 36.4 Å². The average Bonchev–Trinajstić information content (AvgIpc) is 2.65. The molecule has 4 fully saturated rings. The van der Waals surface area contributed by atoms with Gasteiger partial charge in [0.15, 0.2) is 11.6 Å². The Labute approximate surface area is 175 Å². The number of carbonyl (C=O) groups is 1. The lowest BCUT2D eigenvalue weighted by Crippen LogP contribution is -2.54. The molecule has 0 saturated heterocycles. The average molecular weight is 441 g/mol. The van der Waals surface area contributed by atoms with Crippen LogP contribution in [0.5, 0.6) is 5.75 Å². The van der Waals surface area contributed by atoms with Gasteiger partial charge in [-0.15, -0.1) is 0 Å². The molecule has 30 heavy (non-hydrogen) atoms. The molecular formula is C21H26FO7S-. The van der Waals surface area contributed by atoms with Crippen molar-refractivity contribution in [2.24, 2.45) is 23.2 Å². The number of benzene rings is 1. The molecule has 0 N–H and O–H groups in total. The molecule has 0 spiro atoms. The van der Waals surface area contributed by atoms with E-state index in [4.69, 9.17) is 14.2 Å². The molecular weight excluding hydrogens is 415 g/mol. The topological polar surface area (TPSA) is 102 Å². The summed E-state index contributed by atoms with van der Waals surface area (Å²) in [4.78, 5) is 12.1. The van der Waals surface area contributed by atoms with E-state index in [1.54, 1.807) is 7.11 Å². The minimum absolute atomic E-state index is 0.00932. The summed E-state index contributed by atoms with van der Waals surface area (Å²) in [5.41, 5.74) is -0.135. The molecule has 1 atom stereocenters. The van der Waals surface area contributed by atoms with Crippen molar-refractivity contribution in [3.8, 4) is 5.75 Å². The Bertz CT molecular complexity index is 879. The number of rotatable bonds is 8. The summed E-state index contributed by atoms with van der Waals surface area (Å²) >= 11 is 0. The molecule has 4 aliphatic rings. The zero-order valence-corrected chi connectivity index (χ0v) is 17.7. The summed E-state index contributed by atoms with van der Waals surface area (Å²) in [6.45, 7) is -0.563. The van der Waals surface area contributed by atoms with Gasteiger partial charge < -0.3 is 18.8 Å². The Morgan fingerprint density at radius 3 is 2.33 bits per heavy atom. The molecule has 1 aromatic carbocycles. The Kier molecular flexibility index (Phi) is 5.80. The minimum Gasteiger partial charge on any atom is -0.748 e. The highest BCUT2D eigenvalue weighted by molar-refractivity contribution is 7.85. The van der Waals surface area contributed by atoms with Crippen LogP contribution in [0.4, 0.5) is 4.39 Å². The third-order valence-corrected chi connectivity index (χ3v) is 7.43. The van der Waals surface area contributed by atoms with Crippen LogP contribution in [-0.2, 0) is 19.6 Å². The van der Waals surface area contributed by atoms with Gasteiger partial charge in [0.25, 0.3) is 0 Å². The van der Waals surface area contributed by atoms with E-state index in [2.05, 4.69) is 0 Å². The van der Waals surface area contributed by atoms with Gasteiger partial charge in [0.05, 0.1) is 21.4 Å². The number of esters is 1. The number of ether oxygens (including phenoxy) is 3. The molecule has 0 radical (unpaired) electrons. The first-order chi connectivity index (χ1) is 14.2. The lowest BCUT2D eigenvalue weighted by Gasteiger charge is -2.58. The van der Waals surface area contributed by atoms with E-state index < -0.39 is 40.6 Å². The van der Waals surface area contributed by atoms with Crippen LogP contribution in [0, 0.1) is 29.0 Å². The molecule has 1 unspecified atom stereocenters. The van der Waals surface area contributed by atoms with E-state index in [0.717, 1.165) is 25.3 Å². The number of hydrogen-bond donors (Lipinski definition) is 0. The number of halogens is 1. The van der Waals surface area contributed by atoms with Crippen molar-refractivity contribution in [1.82, 2.24) is 0 Å². The molecule has 0 aromatic heterocycles. The van der Waals surface area contributed by atoms with Gasteiger partial charge in [-0.1, -0.05) is 0 Å². The minimum atomic E-state index is -4.49. The van der Waals surface area contributed by atoms with Gasteiger partial charge in [0, 0.05) is 12.5 Å². The molecule has 4 saturated carbocycles. The van der Waals surface area contributed by atoms with Crippen LogP contribution in [0.15, 0.2) is 18.2 Å². The first-order valence-electron chi connectivity index (χ1n) is 10.3. The Morgan fingerprint density at radius 1 is 1.20 bits per heavy atom. The van der Waals surface area contributed by atoms with Gasteiger partial charge in [-0.2, -0.15) is 0 Å². The van der Waals surface area contributed by atoms with Crippen LogP contribution in [-0.4, -0.2) is 44.7 Å². The summed E-state index contributed by atoms with van der Waals surface area (Å²) in [5, 5.41) is 0. The monoisotopic (exact) mass is 441 g/mol. The molecule has 7 nitrogen and oxygen atoms in total. The lowest BCUT2D eigenvalue weighted by atomic mass is 9.49. The van der Waals surface area contributed by atoms with Crippen LogP contribution >= 0.6 is 0 Å². The van der Waals surface area contributed by atoms with Gasteiger partial charge in [0.2, 0.25) is 6.29 Å². The van der Waals surface area contributed by atoms with Gasteiger partial charge in [0.1, 0.15) is 6.61 Å². The van der Waals surface area contributed by atoms with Crippen molar-refractivity contribution in [2.75, 3.05) is 19.5 Å². The third-order valence-electron chi connectivity index (χ3n) is 6.77. The molecule has 0 amide bonds. The van der Waals surface area contributed by atoms with E-state index in [9.17, 15) is 22.2 Å². The van der Waals surface area contributed by atoms with E-state index in [1.165, 1.54) is 31.4 Å². The molecule has 0 aliphatic heterocycles. The standard InChI is InChI=1S/C21H27FO7S/c1-27-20(21-10-13-6-14(11-21)8-15(7-13)12-21)29-18-9-16(2-3-17(18)22)19(23)28-4-5-30(24,25)26/h2-3,9,13-15,20H,4-8,10-12H2,1H3,(H,24,25,26)/p-1. The lowest BCUT2D eigenvalue weighted by molar-refractivity contribution is -0.204. The van der Waals surface area contributed by atoms with Gasteiger partial charge >= 0.3 is 5.97 Å². The van der Waals surface area contributed by atoms with Crippen LogP contribution in [0.25, 0.3) is 0 Å². The summed E-state index contributed by atoms with van der Waals surface area (Å²) in [7, 11) is -2.93. The van der Waals surface area contributed by atoms with Crippen molar-refractivity contribution in [1.29, 1.82) is 0 Å². The zero-order valence-electron chi connectivity index (χ0n) is 16.8. The van der Waals surface area contributed by atoms with Crippen LogP contribution < -0.4 is 4.74 Å². The fourth-order valence-electron chi connectivity index (χ4n) is 6.05. The first-order valence-corrected chi connectivity index (χ1v) is 11.8. The smallest absolute Gasteiger partial charge is 0.338 e. The van der Waals surface area contributed by atoms with Crippen molar-refractivity contribution >= 4 is 16.1 Å². The van der Waals surface area contributed by atoms with Crippen molar-refractivity contribution in [3.63, 3.8) is 0 Å². The fraction of sp³-hybridized carbons (Fsp3) is 0.667. The Hall–Kier alpha value is -1.71. The molecule has 1 aromatic rings. The summed E-state index contributed by atoms with van der Waals surface area (Å²) in [6, 6.07) is 3.56. The Balaban J connectivity index is 1.48. The highest BCUT2D eigenvalue weighted by Crippen LogP contribution is 2.61. The van der Waals surface area contributed by atoms with Crippen molar-refractivity contribution in [2.45, 2.75) is 44.8 Å². The molecule has 166 valence electrons. The van der Waals surface area contributed by atoms with Gasteiger partial charge in [-0.25, -0.2) is 17.6 Å². The highest BCUT2D eigenvalue weighted by Gasteiger charge is 2.55.